The molecule has 0 nitrogen and oxygen atoms in total. The molecule has 1 fully saturated rings. The van der Waals surface area contributed by atoms with Crippen LogP contribution in [0.25, 0.3) is 0 Å². The lowest BCUT2D eigenvalue weighted by Gasteiger charge is -2.42. The molecule has 13 heavy (non-hydrogen) atoms. The zero-order chi connectivity index (χ0) is 9.57. The maximum Gasteiger partial charge on any atom is 0.00913 e. The molecule has 0 aromatic carbocycles. The van der Waals surface area contributed by atoms with E-state index in [0.717, 1.165) is 6.42 Å². The van der Waals surface area contributed by atoms with E-state index in [1.165, 1.54) is 51.4 Å². The Bertz CT molecular complexity index is 169. The van der Waals surface area contributed by atoms with Gasteiger partial charge in [0.25, 0.3) is 0 Å². The van der Waals surface area contributed by atoms with Gasteiger partial charge in [-0.2, -0.15) is 0 Å². The Morgan fingerprint density at radius 2 is 2.00 bits per heavy atom. The average Bonchev–Trinajstić information content (AvgIpc) is 2.08. The molecule has 0 heterocycles. The van der Waals surface area contributed by atoms with Crippen LogP contribution in [0.3, 0.4) is 0 Å². The van der Waals surface area contributed by atoms with Gasteiger partial charge < -0.3 is 0 Å². The van der Waals surface area contributed by atoms with E-state index in [4.69, 9.17) is 6.42 Å². The van der Waals surface area contributed by atoms with Crippen LogP contribution >= 0.6 is 0 Å². The Morgan fingerprint density at radius 1 is 1.23 bits per heavy atom. The van der Waals surface area contributed by atoms with Crippen LogP contribution in [0.2, 0.25) is 0 Å². The molecule has 0 amide bonds. The zero-order valence-corrected chi connectivity index (χ0v) is 8.94. The van der Waals surface area contributed by atoms with Gasteiger partial charge in [0.05, 0.1) is 0 Å². The Kier molecular flexibility index (Phi) is 4.36. The summed E-state index contributed by atoms with van der Waals surface area (Å²) < 4.78 is 0. The van der Waals surface area contributed by atoms with Gasteiger partial charge in [-0.15, -0.1) is 12.3 Å². The molecule has 1 aliphatic carbocycles. The monoisotopic (exact) mass is 178 g/mol. The van der Waals surface area contributed by atoms with Crippen molar-refractivity contribution in [3.63, 3.8) is 0 Å². The minimum absolute atomic E-state index is 0.682. The number of rotatable bonds is 6. The van der Waals surface area contributed by atoms with Gasteiger partial charge in [-0.3, -0.25) is 0 Å². The van der Waals surface area contributed by atoms with Crippen molar-refractivity contribution in [3.8, 4) is 12.3 Å². The standard InChI is InChI=1S/C13H22/c1-3-5-7-10-13(9-6-4-2)11-8-12-13/h2H,3,5-12H2,1H3. The third-order valence-electron chi connectivity index (χ3n) is 3.52. The van der Waals surface area contributed by atoms with E-state index in [1.807, 2.05) is 0 Å². The van der Waals surface area contributed by atoms with Crippen LogP contribution in [-0.4, -0.2) is 0 Å². The molecule has 74 valence electrons. The third-order valence-corrected chi connectivity index (χ3v) is 3.52. The number of unbranched alkanes of at least 4 members (excludes halogenated alkanes) is 2. The topological polar surface area (TPSA) is 0 Å². The second-order valence-corrected chi connectivity index (χ2v) is 4.51. The first-order valence-electron chi connectivity index (χ1n) is 5.76. The van der Waals surface area contributed by atoms with E-state index in [0.29, 0.717) is 5.41 Å². The smallest absolute Gasteiger partial charge is 0.00913 e. The van der Waals surface area contributed by atoms with Crippen LogP contribution in [0, 0.1) is 17.8 Å². The molecule has 0 aromatic heterocycles. The number of terminal acetylenes is 1. The first-order valence-corrected chi connectivity index (χ1v) is 5.76. The van der Waals surface area contributed by atoms with Gasteiger partial charge in [-0.25, -0.2) is 0 Å². The van der Waals surface area contributed by atoms with Gasteiger partial charge in [-0.1, -0.05) is 32.6 Å². The minimum atomic E-state index is 0.682. The molecule has 0 heteroatoms. The van der Waals surface area contributed by atoms with E-state index in [1.54, 1.807) is 0 Å². The second kappa shape index (κ2) is 5.32. The SMILES string of the molecule is C#CCCC1(CCCCC)CCC1. The highest BCUT2D eigenvalue weighted by atomic mass is 14.4. The molecule has 0 aromatic rings. The Hall–Kier alpha value is -0.440. The van der Waals surface area contributed by atoms with Crippen molar-refractivity contribution in [1.29, 1.82) is 0 Å². The van der Waals surface area contributed by atoms with E-state index in [9.17, 15) is 0 Å². The summed E-state index contributed by atoms with van der Waals surface area (Å²) in [5, 5.41) is 0. The summed E-state index contributed by atoms with van der Waals surface area (Å²) in [7, 11) is 0. The van der Waals surface area contributed by atoms with Crippen LogP contribution in [-0.2, 0) is 0 Å². The molecule has 0 saturated heterocycles. The molecule has 1 aliphatic rings. The summed E-state index contributed by atoms with van der Waals surface area (Å²) >= 11 is 0. The molecule has 0 unspecified atom stereocenters. The van der Waals surface area contributed by atoms with Crippen molar-refractivity contribution >= 4 is 0 Å². The molecular weight excluding hydrogens is 156 g/mol. The van der Waals surface area contributed by atoms with Crippen molar-refractivity contribution in [2.24, 2.45) is 5.41 Å². The quantitative estimate of drug-likeness (QED) is 0.423. The summed E-state index contributed by atoms with van der Waals surface area (Å²) in [5.74, 6) is 2.78. The molecule has 1 rings (SSSR count). The highest BCUT2D eigenvalue weighted by Gasteiger charge is 2.35. The Labute approximate surface area is 83.1 Å². The minimum Gasteiger partial charge on any atom is -0.120 e. The second-order valence-electron chi connectivity index (χ2n) is 4.51. The lowest BCUT2D eigenvalue weighted by atomic mass is 9.63. The van der Waals surface area contributed by atoms with Crippen LogP contribution in [0.1, 0.15) is 64.7 Å². The van der Waals surface area contributed by atoms with Crippen LogP contribution in [0.15, 0.2) is 0 Å². The predicted octanol–water partition coefficient (Wildman–Crippen LogP) is 4.15. The van der Waals surface area contributed by atoms with Crippen LogP contribution in [0.5, 0.6) is 0 Å². The van der Waals surface area contributed by atoms with Crippen molar-refractivity contribution in [2.45, 2.75) is 64.7 Å². The molecule has 0 atom stereocenters. The fourth-order valence-electron chi connectivity index (χ4n) is 2.39. The average molecular weight is 178 g/mol. The lowest BCUT2D eigenvalue weighted by Crippen LogP contribution is -2.29. The van der Waals surface area contributed by atoms with Crippen LogP contribution < -0.4 is 0 Å². The van der Waals surface area contributed by atoms with Gasteiger partial charge in [0.1, 0.15) is 0 Å². The van der Waals surface area contributed by atoms with Crippen molar-refractivity contribution in [2.75, 3.05) is 0 Å². The maximum absolute atomic E-state index is 5.32. The lowest BCUT2D eigenvalue weighted by molar-refractivity contribution is 0.104. The van der Waals surface area contributed by atoms with Crippen molar-refractivity contribution in [1.82, 2.24) is 0 Å². The molecular formula is C13H22. The van der Waals surface area contributed by atoms with E-state index in [2.05, 4.69) is 12.8 Å². The molecule has 0 bridgehead atoms. The molecule has 1 saturated carbocycles. The molecule has 0 aliphatic heterocycles. The normalized spacial score (nSPS) is 19.1. The summed E-state index contributed by atoms with van der Waals surface area (Å²) in [6, 6.07) is 0. The first-order chi connectivity index (χ1) is 6.33. The summed E-state index contributed by atoms with van der Waals surface area (Å²) in [5.41, 5.74) is 0.682. The van der Waals surface area contributed by atoms with E-state index >= 15 is 0 Å². The fraction of sp³-hybridized carbons (Fsp3) is 0.846. The van der Waals surface area contributed by atoms with Gasteiger partial charge in [0.15, 0.2) is 0 Å². The summed E-state index contributed by atoms with van der Waals surface area (Å²) in [6.07, 6.45) is 17.5. The van der Waals surface area contributed by atoms with Gasteiger partial charge in [0, 0.05) is 6.42 Å². The summed E-state index contributed by atoms with van der Waals surface area (Å²) in [4.78, 5) is 0. The number of hydrogen-bond acceptors (Lipinski definition) is 0. The van der Waals surface area contributed by atoms with Crippen molar-refractivity contribution < 1.29 is 0 Å². The largest absolute Gasteiger partial charge is 0.120 e. The van der Waals surface area contributed by atoms with E-state index < -0.39 is 0 Å². The van der Waals surface area contributed by atoms with Gasteiger partial charge >= 0.3 is 0 Å². The molecule has 0 spiro atoms. The Morgan fingerprint density at radius 3 is 2.46 bits per heavy atom. The first kappa shape index (κ1) is 10.6. The van der Waals surface area contributed by atoms with E-state index in [-0.39, 0.29) is 0 Å². The van der Waals surface area contributed by atoms with Gasteiger partial charge in [-0.05, 0) is 31.1 Å². The van der Waals surface area contributed by atoms with Crippen LogP contribution in [0.4, 0.5) is 0 Å². The summed E-state index contributed by atoms with van der Waals surface area (Å²) in [6.45, 7) is 2.27. The highest BCUT2D eigenvalue weighted by molar-refractivity contribution is 4.93. The number of hydrogen-bond donors (Lipinski definition) is 0. The third kappa shape index (κ3) is 3.07. The van der Waals surface area contributed by atoms with Gasteiger partial charge in [0.2, 0.25) is 0 Å². The predicted molar refractivity (Wildman–Crippen MR) is 58.5 cm³/mol. The molecule has 0 N–H and O–H groups in total. The highest BCUT2D eigenvalue weighted by Crippen LogP contribution is 2.48. The fourth-order valence-corrected chi connectivity index (χ4v) is 2.39. The zero-order valence-electron chi connectivity index (χ0n) is 8.94. The maximum atomic E-state index is 5.32. The van der Waals surface area contributed by atoms with Crippen molar-refractivity contribution in [3.05, 3.63) is 0 Å². The molecule has 0 radical (unpaired) electrons. The Balaban J connectivity index is 2.20.